The highest BCUT2D eigenvalue weighted by atomic mass is 19.1. The van der Waals surface area contributed by atoms with Gasteiger partial charge in [0, 0.05) is 26.0 Å². The minimum Gasteiger partial charge on any atom is -0.345 e. The Labute approximate surface area is 159 Å². The van der Waals surface area contributed by atoms with Gasteiger partial charge in [0.2, 0.25) is 5.91 Å². The van der Waals surface area contributed by atoms with E-state index in [2.05, 4.69) is 4.98 Å². The minimum absolute atomic E-state index is 0.0412. The van der Waals surface area contributed by atoms with Crippen molar-refractivity contribution in [3.05, 3.63) is 102 Å². The second-order valence-electron chi connectivity index (χ2n) is 6.66. The van der Waals surface area contributed by atoms with Crippen molar-refractivity contribution in [3.8, 4) is 0 Å². The zero-order chi connectivity index (χ0) is 19.1. The lowest BCUT2D eigenvalue weighted by molar-refractivity contribution is -0.131. The van der Waals surface area contributed by atoms with Crippen LogP contribution in [0.5, 0.6) is 0 Å². The molecule has 0 aliphatic heterocycles. The van der Waals surface area contributed by atoms with Crippen LogP contribution >= 0.6 is 0 Å². The van der Waals surface area contributed by atoms with Gasteiger partial charge in [0.05, 0.1) is 5.92 Å². The molecule has 0 aliphatic rings. The molecule has 0 bridgehead atoms. The summed E-state index contributed by atoms with van der Waals surface area (Å²) in [6.07, 6.45) is 4.87. The summed E-state index contributed by atoms with van der Waals surface area (Å²) in [5.74, 6) is -0.592. The summed E-state index contributed by atoms with van der Waals surface area (Å²) in [6.45, 7) is 0.620. The molecule has 0 saturated heterocycles. The standard InChI is InChI=1S/C23H23FN2O/c1-26(16-13-18-11-14-25-15-12-18)23(27)22(17-19-5-3-2-4-6-19)20-7-9-21(24)10-8-20/h2-12,14-15,22H,13,16-17H2,1H3. The van der Waals surface area contributed by atoms with Gasteiger partial charge in [0.15, 0.2) is 0 Å². The monoisotopic (exact) mass is 362 g/mol. The lowest BCUT2D eigenvalue weighted by Gasteiger charge is -2.24. The number of benzene rings is 2. The van der Waals surface area contributed by atoms with Crippen molar-refractivity contribution in [1.82, 2.24) is 9.88 Å². The summed E-state index contributed by atoms with van der Waals surface area (Å²) in [7, 11) is 1.82. The van der Waals surface area contributed by atoms with Crippen LogP contribution in [0.25, 0.3) is 0 Å². The van der Waals surface area contributed by atoms with Crippen molar-refractivity contribution in [2.24, 2.45) is 0 Å². The van der Waals surface area contributed by atoms with E-state index < -0.39 is 0 Å². The van der Waals surface area contributed by atoms with Crippen LogP contribution in [0.4, 0.5) is 4.39 Å². The van der Waals surface area contributed by atoms with Gasteiger partial charge in [-0.05, 0) is 53.8 Å². The molecular formula is C23H23FN2O. The first-order valence-corrected chi connectivity index (χ1v) is 9.07. The second kappa shape index (κ2) is 9.08. The van der Waals surface area contributed by atoms with E-state index in [-0.39, 0.29) is 17.6 Å². The smallest absolute Gasteiger partial charge is 0.230 e. The Balaban J connectivity index is 1.76. The highest BCUT2D eigenvalue weighted by Crippen LogP contribution is 2.24. The summed E-state index contributed by atoms with van der Waals surface area (Å²) < 4.78 is 13.3. The Hall–Kier alpha value is -3.01. The number of rotatable bonds is 7. The maximum absolute atomic E-state index is 13.3. The number of nitrogens with zero attached hydrogens (tertiary/aromatic N) is 2. The number of aromatic nitrogens is 1. The van der Waals surface area contributed by atoms with Crippen LogP contribution in [-0.4, -0.2) is 29.4 Å². The van der Waals surface area contributed by atoms with Crippen LogP contribution in [0, 0.1) is 5.82 Å². The van der Waals surface area contributed by atoms with E-state index in [1.807, 2.05) is 49.5 Å². The molecule has 0 radical (unpaired) electrons. The molecule has 1 aromatic heterocycles. The fourth-order valence-corrected chi connectivity index (χ4v) is 3.12. The molecule has 0 N–H and O–H groups in total. The van der Waals surface area contributed by atoms with Crippen LogP contribution < -0.4 is 0 Å². The molecule has 0 saturated carbocycles. The van der Waals surface area contributed by atoms with Gasteiger partial charge in [0.1, 0.15) is 5.82 Å². The SMILES string of the molecule is CN(CCc1ccncc1)C(=O)C(Cc1ccccc1)c1ccc(F)cc1. The summed E-state index contributed by atoms with van der Waals surface area (Å²) in [6, 6.07) is 20.1. The number of carbonyl (C=O) groups is 1. The molecule has 138 valence electrons. The van der Waals surface area contributed by atoms with Gasteiger partial charge in [-0.15, -0.1) is 0 Å². The number of hydrogen-bond donors (Lipinski definition) is 0. The molecule has 1 amide bonds. The third-order valence-electron chi connectivity index (χ3n) is 4.71. The van der Waals surface area contributed by atoms with Crippen molar-refractivity contribution >= 4 is 5.91 Å². The average molecular weight is 362 g/mol. The van der Waals surface area contributed by atoms with Crippen LogP contribution in [-0.2, 0) is 17.6 Å². The van der Waals surface area contributed by atoms with E-state index >= 15 is 0 Å². The highest BCUT2D eigenvalue weighted by molar-refractivity contribution is 5.84. The van der Waals surface area contributed by atoms with E-state index in [1.165, 1.54) is 12.1 Å². The largest absolute Gasteiger partial charge is 0.345 e. The van der Waals surface area contributed by atoms with E-state index in [1.54, 1.807) is 29.4 Å². The molecule has 3 nitrogen and oxygen atoms in total. The Kier molecular flexibility index (Phi) is 6.31. The van der Waals surface area contributed by atoms with Crippen LogP contribution in [0.15, 0.2) is 79.1 Å². The van der Waals surface area contributed by atoms with Crippen LogP contribution in [0.1, 0.15) is 22.6 Å². The fraction of sp³-hybridized carbons (Fsp3) is 0.217. The lowest BCUT2D eigenvalue weighted by Crippen LogP contribution is -2.34. The Morgan fingerprint density at radius 3 is 2.30 bits per heavy atom. The van der Waals surface area contributed by atoms with E-state index in [4.69, 9.17) is 0 Å². The first-order valence-electron chi connectivity index (χ1n) is 9.07. The molecule has 27 heavy (non-hydrogen) atoms. The third-order valence-corrected chi connectivity index (χ3v) is 4.71. The molecule has 4 heteroatoms. The normalized spacial score (nSPS) is 11.8. The number of halogens is 1. The van der Waals surface area contributed by atoms with Crippen molar-refractivity contribution in [1.29, 1.82) is 0 Å². The first kappa shape index (κ1) is 18.8. The zero-order valence-electron chi connectivity index (χ0n) is 15.4. The summed E-state index contributed by atoms with van der Waals surface area (Å²) in [4.78, 5) is 19.0. The molecule has 1 heterocycles. The van der Waals surface area contributed by atoms with Gasteiger partial charge in [-0.1, -0.05) is 42.5 Å². The average Bonchev–Trinajstić information content (AvgIpc) is 2.72. The van der Waals surface area contributed by atoms with Crippen molar-refractivity contribution < 1.29 is 9.18 Å². The molecule has 1 atom stereocenters. The second-order valence-corrected chi connectivity index (χ2v) is 6.66. The van der Waals surface area contributed by atoms with Gasteiger partial charge in [-0.2, -0.15) is 0 Å². The van der Waals surface area contributed by atoms with Crippen molar-refractivity contribution in [3.63, 3.8) is 0 Å². The first-order chi connectivity index (χ1) is 13.1. The predicted molar refractivity (Wildman–Crippen MR) is 105 cm³/mol. The minimum atomic E-state index is -0.338. The number of hydrogen-bond acceptors (Lipinski definition) is 2. The molecule has 2 aromatic carbocycles. The van der Waals surface area contributed by atoms with E-state index in [0.29, 0.717) is 13.0 Å². The zero-order valence-corrected chi connectivity index (χ0v) is 15.4. The molecule has 3 aromatic rings. The molecule has 0 spiro atoms. The number of carbonyl (C=O) groups excluding carboxylic acids is 1. The predicted octanol–water partition coefficient (Wildman–Crippen LogP) is 4.25. The number of amides is 1. The number of pyridine rings is 1. The van der Waals surface area contributed by atoms with E-state index in [9.17, 15) is 9.18 Å². The van der Waals surface area contributed by atoms with Gasteiger partial charge < -0.3 is 4.90 Å². The van der Waals surface area contributed by atoms with Crippen molar-refractivity contribution in [2.45, 2.75) is 18.8 Å². The Bertz CT molecular complexity index is 851. The van der Waals surface area contributed by atoms with Gasteiger partial charge in [-0.25, -0.2) is 4.39 Å². The maximum Gasteiger partial charge on any atom is 0.230 e. The van der Waals surface area contributed by atoms with Crippen LogP contribution in [0.2, 0.25) is 0 Å². The van der Waals surface area contributed by atoms with Crippen LogP contribution in [0.3, 0.4) is 0 Å². The number of likely N-dealkylation sites (N-methyl/N-ethyl adjacent to an activating group) is 1. The molecule has 0 fully saturated rings. The highest BCUT2D eigenvalue weighted by Gasteiger charge is 2.24. The Morgan fingerprint density at radius 1 is 0.963 bits per heavy atom. The lowest BCUT2D eigenvalue weighted by atomic mass is 9.90. The quantitative estimate of drug-likeness (QED) is 0.630. The molecule has 1 unspecified atom stereocenters. The van der Waals surface area contributed by atoms with Gasteiger partial charge in [0.25, 0.3) is 0 Å². The van der Waals surface area contributed by atoms with Gasteiger partial charge >= 0.3 is 0 Å². The van der Waals surface area contributed by atoms with E-state index in [0.717, 1.165) is 23.1 Å². The fourth-order valence-electron chi connectivity index (χ4n) is 3.12. The molecule has 0 aliphatic carbocycles. The summed E-state index contributed by atoms with van der Waals surface area (Å²) >= 11 is 0. The maximum atomic E-state index is 13.3. The topological polar surface area (TPSA) is 33.2 Å². The third kappa shape index (κ3) is 5.23. The summed E-state index contributed by atoms with van der Waals surface area (Å²) in [5.41, 5.74) is 3.06. The van der Waals surface area contributed by atoms with Crippen molar-refractivity contribution in [2.75, 3.05) is 13.6 Å². The molecule has 3 rings (SSSR count). The molecular weight excluding hydrogens is 339 g/mol. The Morgan fingerprint density at radius 2 is 1.63 bits per heavy atom. The van der Waals surface area contributed by atoms with Gasteiger partial charge in [-0.3, -0.25) is 9.78 Å². The summed E-state index contributed by atoms with van der Waals surface area (Å²) in [5, 5.41) is 0.